The molecule has 0 radical (unpaired) electrons. The quantitative estimate of drug-likeness (QED) is 0.496. The molecule has 132 valence electrons. The van der Waals surface area contributed by atoms with E-state index in [9.17, 15) is 18.0 Å². The molecule has 0 fully saturated rings. The van der Waals surface area contributed by atoms with Gasteiger partial charge in [0.25, 0.3) is 15.8 Å². The highest BCUT2D eigenvalue weighted by molar-refractivity contribution is 7.93. The number of aliphatic carboxylic acids is 1. The van der Waals surface area contributed by atoms with E-state index in [1.54, 1.807) is 12.1 Å². The van der Waals surface area contributed by atoms with E-state index in [4.69, 9.17) is 5.11 Å². The van der Waals surface area contributed by atoms with Gasteiger partial charge in [-0.2, -0.15) is 0 Å². The van der Waals surface area contributed by atoms with E-state index in [0.29, 0.717) is 11.3 Å². The highest BCUT2D eigenvalue weighted by atomic mass is 32.2. The number of ketones is 1. The Bertz CT molecular complexity index is 1060. The van der Waals surface area contributed by atoms with Gasteiger partial charge in [-0.05, 0) is 23.3 Å². The number of hydrogen-bond donors (Lipinski definition) is 2. The van der Waals surface area contributed by atoms with E-state index in [1.807, 2.05) is 30.3 Å². The lowest BCUT2D eigenvalue weighted by Gasteiger charge is -2.06. The molecule has 0 unspecified atom stereocenters. The first-order chi connectivity index (χ1) is 12.4. The lowest BCUT2D eigenvalue weighted by atomic mass is 10.1. The molecule has 0 atom stereocenters. The van der Waals surface area contributed by atoms with Crippen molar-refractivity contribution in [3.05, 3.63) is 65.7 Å². The summed E-state index contributed by atoms with van der Waals surface area (Å²) in [6.07, 6.45) is 1.03. The van der Waals surface area contributed by atoms with Crippen molar-refractivity contribution in [3.63, 3.8) is 0 Å². The van der Waals surface area contributed by atoms with Crippen molar-refractivity contribution in [2.45, 2.75) is 4.90 Å². The van der Waals surface area contributed by atoms with Gasteiger partial charge in [-0.25, -0.2) is 18.2 Å². The molecule has 0 bridgehead atoms. The van der Waals surface area contributed by atoms with Crippen LogP contribution in [0.25, 0.3) is 11.1 Å². The van der Waals surface area contributed by atoms with Gasteiger partial charge in [0.05, 0.1) is 11.1 Å². The number of carbonyl (C=O) groups is 2. The number of Topliss-reactive ketones (excluding diaryl/α,β-unsaturated/α-hetero) is 1. The largest absolute Gasteiger partial charge is 0.475 e. The zero-order valence-corrected chi connectivity index (χ0v) is 14.8. The van der Waals surface area contributed by atoms with Crippen LogP contribution in [0.1, 0.15) is 9.67 Å². The molecule has 0 saturated heterocycles. The number of nitrogens with one attached hydrogen (secondary N) is 1. The number of carboxylic acid groups (broad SMARTS) is 1. The van der Waals surface area contributed by atoms with Crippen molar-refractivity contribution in [1.29, 1.82) is 0 Å². The first-order valence-corrected chi connectivity index (χ1v) is 9.58. The molecule has 0 aliphatic rings. The summed E-state index contributed by atoms with van der Waals surface area (Å²) in [7, 11) is -3.91. The molecular formula is C17H12N2O5S2. The molecule has 0 aliphatic heterocycles. The smallest absolute Gasteiger partial charge is 0.378 e. The highest BCUT2D eigenvalue weighted by Crippen LogP contribution is 2.24. The highest BCUT2D eigenvalue weighted by Gasteiger charge is 2.21. The van der Waals surface area contributed by atoms with E-state index in [2.05, 4.69) is 9.71 Å². The fourth-order valence-corrected chi connectivity index (χ4v) is 4.15. The van der Waals surface area contributed by atoms with Gasteiger partial charge >= 0.3 is 5.97 Å². The summed E-state index contributed by atoms with van der Waals surface area (Å²) in [5.41, 5.74) is 1.83. The number of carbonyl (C=O) groups excluding carboxylic acids is 1. The van der Waals surface area contributed by atoms with Crippen LogP contribution in [0.5, 0.6) is 0 Å². The second kappa shape index (κ2) is 7.06. The van der Waals surface area contributed by atoms with Crippen molar-refractivity contribution >= 4 is 38.2 Å². The van der Waals surface area contributed by atoms with Crippen LogP contribution in [0.15, 0.2) is 65.7 Å². The minimum atomic E-state index is -3.91. The van der Waals surface area contributed by atoms with Gasteiger partial charge in [0.2, 0.25) is 0 Å². The molecular weight excluding hydrogens is 376 g/mol. The molecule has 7 nitrogen and oxygen atoms in total. The summed E-state index contributed by atoms with van der Waals surface area (Å²) in [6.45, 7) is 0. The third-order valence-corrected chi connectivity index (χ3v) is 5.81. The lowest BCUT2D eigenvalue weighted by molar-refractivity contribution is -0.131. The number of aromatic nitrogens is 1. The van der Waals surface area contributed by atoms with Crippen LogP contribution >= 0.6 is 11.3 Å². The minimum Gasteiger partial charge on any atom is -0.475 e. The zero-order valence-electron chi connectivity index (χ0n) is 13.1. The number of sulfonamides is 1. The topological polar surface area (TPSA) is 113 Å². The van der Waals surface area contributed by atoms with Crippen molar-refractivity contribution in [1.82, 2.24) is 4.98 Å². The molecule has 3 aromatic rings. The summed E-state index contributed by atoms with van der Waals surface area (Å²) in [6, 6.07) is 15.8. The molecule has 3 rings (SSSR count). The number of anilines is 1. The Balaban J connectivity index is 1.80. The molecule has 0 aliphatic carbocycles. The number of carboxylic acids is 1. The number of rotatable bonds is 6. The number of hydrogen-bond acceptors (Lipinski definition) is 6. The van der Waals surface area contributed by atoms with Crippen molar-refractivity contribution in [2.75, 3.05) is 4.72 Å². The number of nitrogens with zero attached hydrogens (tertiary/aromatic N) is 1. The fraction of sp³-hybridized carbons (Fsp3) is 0. The Morgan fingerprint density at radius 2 is 1.58 bits per heavy atom. The molecule has 2 N–H and O–H groups in total. The van der Waals surface area contributed by atoms with Crippen LogP contribution in [0.3, 0.4) is 0 Å². The fourth-order valence-electron chi connectivity index (χ4n) is 2.16. The maximum Gasteiger partial charge on any atom is 0.378 e. The summed E-state index contributed by atoms with van der Waals surface area (Å²) in [5, 5.41) is 8.58. The molecule has 0 amide bonds. The molecule has 26 heavy (non-hydrogen) atoms. The van der Waals surface area contributed by atoms with Gasteiger partial charge in [0.15, 0.2) is 5.13 Å². The van der Waals surface area contributed by atoms with E-state index in [-0.39, 0.29) is 14.9 Å². The average molecular weight is 388 g/mol. The van der Waals surface area contributed by atoms with E-state index >= 15 is 0 Å². The van der Waals surface area contributed by atoms with E-state index in [0.717, 1.165) is 17.3 Å². The Hall–Kier alpha value is -3.04. The molecule has 0 saturated carbocycles. The zero-order chi connectivity index (χ0) is 18.7. The maximum absolute atomic E-state index is 12.4. The van der Waals surface area contributed by atoms with Gasteiger partial charge in [-0.3, -0.25) is 9.52 Å². The summed E-state index contributed by atoms with van der Waals surface area (Å²) < 4.78 is 27.1. The monoisotopic (exact) mass is 388 g/mol. The average Bonchev–Trinajstić information content (AvgIpc) is 3.09. The molecule has 2 aromatic carbocycles. The van der Waals surface area contributed by atoms with Gasteiger partial charge in [0, 0.05) is 0 Å². The third-order valence-electron chi connectivity index (χ3n) is 3.42. The van der Waals surface area contributed by atoms with E-state index < -0.39 is 21.8 Å². The summed E-state index contributed by atoms with van der Waals surface area (Å²) >= 11 is 0.659. The third kappa shape index (κ3) is 3.79. The predicted octanol–water partition coefficient (Wildman–Crippen LogP) is 2.88. The van der Waals surface area contributed by atoms with Crippen molar-refractivity contribution < 1.29 is 23.1 Å². The Kier molecular flexibility index (Phi) is 4.83. The van der Waals surface area contributed by atoms with Gasteiger partial charge < -0.3 is 5.11 Å². The summed E-state index contributed by atoms with van der Waals surface area (Å²) in [4.78, 5) is 25.6. The van der Waals surface area contributed by atoms with Crippen LogP contribution in [0, 0.1) is 0 Å². The minimum absolute atomic E-state index is 0.0264. The SMILES string of the molecule is O=C(O)C(=O)c1cnc(NS(=O)(=O)c2ccc(-c3ccccc3)cc2)s1. The molecule has 1 heterocycles. The molecule has 0 spiro atoms. The Labute approximate surface area is 153 Å². The van der Waals surface area contributed by atoms with Gasteiger partial charge in [-0.15, -0.1) is 0 Å². The Morgan fingerprint density at radius 3 is 2.19 bits per heavy atom. The molecule has 9 heteroatoms. The first kappa shape index (κ1) is 17.8. The summed E-state index contributed by atoms with van der Waals surface area (Å²) in [5.74, 6) is -2.76. The molecule has 1 aromatic heterocycles. The van der Waals surface area contributed by atoms with Crippen LogP contribution in [-0.2, 0) is 14.8 Å². The van der Waals surface area contributed by atoms with Gasteiger partial charge in [0.1, 0.15) is 4.88 Å². The van der Waals surface area contributed by atoms with Crippen LogP contribution in [-0.4, -0.2) is 30.3 Å². The second-order valence-electron chi connectivity index (χ2n) is 5.16. The first-order valence-electron chi connectivity index (χ1n) is 7.28. The van der Waals surface area contributed by atoms with Crippen LogP contribution < -0.4 is 4.72 Å². The van der Waals surface area contributed by atoms with Crippen molar-refractivity contribution in [3.8, 4) is 11.1 Å². The number of thiazole rings is 1. The van der Waals surface area contributed by atoms with Gasteiger partial charge in [-0.1, -0.05) is 53.8 Å². The van der Waals surface area contributed by atoms with Crippen molar-refractivity contribution in [2.24, 2.45) is 0 Å². The van der Waals surface area contributed by atoms with Crippen LogP contribution in [0.4, 0.5) is 5.13 Å². The predicted molar refractivity (Wildman–Crippen MR) is 96.8 cm³/mol. The lowest BCUT2D eigenvalue weighted by Crippen LogP contribution is -2.12. The number of benzene rings is 2. The van der Waals surface area contributed by atoms with E-state index in [1.165, 1.54) is 12.1 Å². The maximum atomic E-state index is 12.4. The standard InChI is InChI=1S/C17H12N2O5S2/c20-15(16(21)22)14-10-18-17(25-14)19-26(23,24)13-8-6-12(7-9-13)11-4-2-1-3-5-11/h1-10H,(H,18,19)(H,21,22). The second-order valence-corrected chi connectivity index (χ2v) is 7.87. The van der Waals surface area contributed by atoms with Crippen LogP contribution in [0.2, 0.25) is 0 Å². The normalized spacial score (nSPS) is 11.1. The Morgan fingerprint density at radius 1 is 0.962 bits per heavy atom.